The molecule has 1 saturated carbocycles. The van der Waals surface area contributed by atoms with Gasteiger partial charge in [-0.2, -0.15) is 0 Å². The van der Waals surface area contributed by atoms with Crippen LogP contribution in [0.5, 0.6) is 0 Å². The largest absolute Gasteiger partial charge is 0.408 e. The first-order valence-corrected chi connectivity index (χ1v) is 9.51. The van der Waals surface area contributed by atoms with Crippen LogP contribution in [-0.4, -0.2) is 29.9 Å². The Morgan fingerprint density at radius 3 is 2.87 bits per heavy atom. The molecule has 1 spiro atoms. The molecule has 0 N–H and O–H groups in total. The maximum absolute atomic E-state index is 6.26. The Morgan fingerprint density at radius 2 is 2.09 bits per heavy atom. The third-order valence-corrected chi connectivity index (χ3v) is 6.78. The maximum atomic E-state index is 6.26. The highest BCUT2D eigenvalue weighted by Crippen LogP contribution is 2.45. The molecule has 2 aromatic rings. The Morgan fingerprint density at radius 1 is 1.22 bits per heavy atom. The van der Waals surface area contributed by atoms with Crippen LogP contribution in [0.4, 0.5) is 6.01 Å². The summed E-state index contributed by atoms with van der Waals surface area (Å²) >= 11 is 1.85. The highest BCUT2D eigenvalue weighted by molar-refractivity contribution is 7.10. The summed E-state index contributed by atoms with van der Waals surface area (Å²) in [7, 11) is 0. The molecule has 2 aliphatic heterocycles. The van der Waals surface area contributed by atoms with E-state index in [1.807, 2.05) is 11.3 Å². The summed E-state index contributed by atoms with van der Waals surface area (Å²) < 4.78 is 12.2. The molecule has 4 heterocycles. The normalized spacial score (nSPS) is 23.7. The van der Waals surface area contributed by atoms with Crippen LogP contribution in [-0.2, 0) is 16.8 Å². The van der Waals surface area contributed by atoms with E-state index in [2.05, 4.69) is 26.5 Å². The molecule has 0 unspecified atom stereocenters. The van der Waals surface area contributed by atoms with Gasteiger partial charge in [0.1, 0.15) is 5.60 Å². The molecule has 0 radical (unpaired) electrons. The van der Waals surface area contributed by atoms with Crippen molar-refractivity contribution in [3.8, 4) is 0 Å². The minimum Gasteiger partial charge on any atom is -0.408 e. The summed E-state index contributed by atoms with van der Waals surface area (Å²) in [5.74, 6) is 1.34. The highest BCUT2D eigenvalue weighted by atomic mass is 32.1. The van der Waals surface area contributed by atoms with Gasteiger partial charge in [-0.15, -0.1) is 16.4 Å². The third-order valence-electron chi connectivity index (χ3n) is 5.64. The summed E-state index contributed by atoms with van der Waals surface area (Å²) in [5, 5.41) is 10.7. The molecule has 122 valence electrons. The van der Waals surface area contributed by atoms with Crippen molar-refractivity contribution in [2.45, 2.75) is 50.0 Å². The molecule has 0 atom stereocenters. The van der Waals surface area contributed by atoms with Crippen molar-refractivity contribution in [3.63, 3.8) is 0 Å². The first-order chi connectivity index (χ1) is 11.3. The average Bonchev–Trinajstić information content (AvgIpc) is 3.17. The van der Waals surface area contributed by atoms with E-state index in [1.54, 1.807) is 0 Å². The van der Waals surface area contributed by atoms with Crippen LogP contribution >= 0.6 is 11.3 Å². The lowest BCUT2D eigenvalue weighted by atomic mass is 9.85. The SMILES string of the molecule is c1cc2c(s1)C1(CCN(c3nnc(C4CCC4)o3)CC1)OCC2. The van der Waals surface area contributed by atoms with Crippen molar-refractivity contribution in [3.05, 3.63) is 27.8 Å². The standard InChI is InChI=1S/C17H21N3O2S/c1-2-13(3-1)15-18-19-16(22-15)20-8-6-17(7-9-20)14-12(4-10-21-17)5-11-23-14/h5,11,13H,1-4,6-10H2. The summed E-state index contributed by atoms with van der Waals surface area (Å²) in [6, 6.07) is 2.96. The molecular formula is C17H21N3O2S. The van der Waals surface area contributed by atoms with Gasteiger partial charge < -0.3 is 14.1 Å². The Balaban J connectivity index is 1.32. The fraction of sp³-hybridized carbons (Fsp3) is 0.647. The second-order valence-electron chi connectivity index (χ2n) is 6.91. The molecule has 2 aromatic heterocycles. The van der Waals surface area contributed by atoms with E-state index in [4.69, 9.17) is 9.15 Å². The summed E-state index contributed by atoms with van der Waals surface area (Å²) in [6.07, 6.45) is 6.73. The van der Waals surface area contributed by atoms with Gasteiger partial charge in [0.05, 0.1) is 6.61 Å². The molecule has 5 rings (SSSR count). The lowest BCUT2D eigenvalue weighted by Crippen LogP contribution is -2.46. The monoisotopic (exact) mass is 331 g/mol. The van der Waals surface area contributed by atoms with Crippen LogP contribution in [0.1, 0.15) is 54.4 Å². The smallest absolute Gasteiger partial charge is 0.318 e. The van der Waals surface area contributed by atoms with E-state index in [9.17, 15) is 0 Å². The Bertz CT molecular complexity index is 698. The van der Waals surface area contributed by atoms with E-state index >= 15 is 0 Å². The first-order valence-electron chi connectivity index (χ1n) is 8.63. The van der Waals surface area contributed by atoms with E-state index in [-0.39, 0.29) is 5.60 Å². The molecule has 0 aromatic carbocycles. The van der Waals surface area contributed by atoms with Gasteiger partial charge in [-0.1, -0.05) is 11.5 Å². The number of piperidine rings is 1. The zero-order valence-corrected chi connectivity index (χ0v) is 14.0. The molecule has 5 nitrogen and oxygen atoms in total. The van der Waals surface area contributed by atoms with Gasteiger partial charge >= 0.3 is 6.01 Å². The molecule has 23 heavy (non-hydrogen) atoms. The number of hydrogen-bond acceptors (Lipinski definition) is 6. The molecule has 6 heteroatoms. The van der Waals surface area contributed by atoms with Gasteiger partial charge in [0.2, 0.25) is 5.89 Å². The van der Waals surface area contributed by atoms with Gasteiger partial charge in [0.15, 0.2) is 0 Å². The van der Waals surface area contributed by atoms with Crippen LogP contribution in [0.15, 0.2) is 15.9 Å². The predicted octanol–water partition coefficient (Wildman–Crippen LogP) is 3.47. The highest BCUT2D eigenvalue weighted by Gasteiger charge is 2.42. The van der Waals surface area contributed by atoms with Crippen molar-refractivity contribution in [2.24, 2.45) is 0 Å². The average molecular weight is 331 g/mol. The Kier molecular flexibility index (Phi) is 3.23. The Hall–Kier alpha value is -1.40. The molecule has 0 amide bonds. The predicted molar refractivity (Wildman–Crippen MR) is 88.0 cm³/mol. The minimum atomic E-state index is -0.0743. The first kappa shape index (κ1) is 14.0. The zero-order valence-electron chi connectivity index (χ0n) is 13.2. The minimum absolute atomic E-state index is 0.0743. The number of rotatable bonds is 2. The quantitative estimate of drug-likeness (QED) is 0.843. The van der Waals surface area contributed by atoms with Gasteiger partial charge in [0, 0.05) is 23.9 Å². The lowest BCUT2D eigenvalue weighted by Gasteiger charge is -2.43. The van der Waals surface area contributed by atoms with Gasteiger partial charge in [-0.05, 0) is 49.1 Å². The van der Waals surface area contributed by atoms with Gasteiger partial charge in [0.25, 0.3) is 0 Å². The topological polar surface area (TPSA) is 51.4 Å². The number of anilines is 1. The molecule has 2 fully saturated rings. The van der Waals surface area contributed by atoms with E-state index in [0.717, 1.165) is 44.8 Å². The number of fused-ring (bicyclic) bond motifs is 2. The van der Waals surface area contributed by atoms with Crippen molar-refractivity contribution >= 4 is 17.4 Å². The summed E-state index contributed by atoms with van der Waals surface area (Å²) in [4.78, 5) is 3.68. The van der Waals surface area contributed by atoms with Crippen LogP contribution in [0, 0.1) is 0 Å². The van der Waals surface area contributed by atoms with E-state index in [1.165, 1.54) is 29.7 Å². The number of thiophene rings is 1. The summed E-state index contributed by atoms with van der Waals surface area (Å²) in [6.45, 7) is 2.68. The van der Waals surface area contributed by atoms with E-state index < -0.39 is 0 Å². The molecule has 1 aliphatic carbocycles. The third kappa shape index (κ3) is 2.22. The van der Waals surface area contributed by atoms with Crippen LogP contribution in [0.3, 0.4) is 0 Å². The molecule has 3 aliphatic rings. The number of hydrogen-bond donors (Lipinski definition) is 0. The molecular weight excluding hydrogens is 310 g/mol. The van der Waals surface area contributed by atoms with Crippen molar-refractivity contribution < 1.29 is 9.15 Å². The van der Waals surface area contributed by atoms with Crippen molar-refractivity contribution in [1.82, 2.24) is 10.2 Å². The van der Waals surface area contributed by atoms with Gasteiger partial charge in [-0.25, -0.2) is 0 Å². The second-order valence-corrected chi connectivity index (χ2v) is 7.82. The van der Waals surface area contributed by atoms with Crippen LogP contribution in [0.25, 0.3) is 0 Å². The molecule has 0 bridgehead atoms. The zero-order chi connectivity index (χ0) is 15.3. The van der Waals surface area contributed by atoms with Crippen molar-refractivity contribution in [2.75, 3.05) is 24.6 Å². The lowest BCUT2D eigenvalue weighted by molar-refractivity contribution is -0.0738. The second kappa shape index (κ2) is 5.31. The maximum Gasteiger partial charge on any atom is 0.318 e. The summed E-state index contributed by atoms with van der Waals surface area (Å²) in [5.41, 5.74) is 1.41. The fourth-order valence-electron chi connectivity index (χ4n) is 3.96. The van der Waals surface area contributed by atoms with E-state index in [0.29, 0.717) is 11.9 Å². The van der Waals surface area contributed by atoms with Crippen molar-refractivity contribution in [1.29, 1.82) is 0 Å². The van der Waals surface area contributed by atoms with Crippen LogP contribution in [0.2, 0.25) is 0 Å². The van der Waals surface area contributed by atoms with Crippen LogP contribution < -0.4 is 4.90 Å². The number of nitrogens with zero attached hydrogens (tertiary/aromatic N) is 3. The number of aromatic nitrogens is 2. The Labute approximate surface area is 139 Å². The molecule has 1 saturated heterocycles. The fourth-order valence-corrected chi connectivity index (χ4v) is 5.13. The van der Waals surface area contributed by atoms with Gasteiger partial charge in [-0.3, -0.25) is 0 Å². The number of ether oxygens (including phenoxy) is 1.